The van der Waals surface area contributed by atoms with Gasteiger partial charge in [0.1, 0.15) is 5.78 Å². The number of Topliss-reactive ketones (excluding diaryl/α,β-unsaturated/α-hetero) is 1. The molecule has 0 radical (unpaired) electrons. The van der Waals surface area contributed by atoms with Gasteiger partial charge in [-0.15, -0.1) is 0 Å². The molecular weight excluding hydrogens is 250 g/mol. The van der Waals surface area contributed by atoms with E-state index in [1.807, 2.05) is 6.07 Å². The second-order valence-corrected chi connectivity index (χ2v) is 6.00. The molecule has 0 aliphatic carbocycles. The van der Waals surface area contributed by atoms with Gasteiger partial charge in [-0.25, -0.2) is 0 Å². The number of hydrogen-bond donors (Lipinski definition) is 1. The summed E-state index contributed by atoms with van der Waals surface area (Å²) in [5, 5.41) is 3.34. The maximum atomic E-state index is 12.8. The van der Waals surface area contributed by atoms with Gasteiger partial charge in [0.05, 0.1) is 12.7 Å². The molecule has 3 rings (SSSR count). The Bertz CT molecular complexity index is 492. The van der Waals surface area contributed by atoms with E-state index in [0.717, 1.165) is 39.0 Å². The summed E-state index contributed by atoms with van der Waals surface area (Å²) in [6.07, 6.45) is 3.33. The van der Waals surface area contributed by atoms with Crippen LogP contribution in [0.3, 0.4) is 0 Å². The molecule has 1 aromatic rings. The molecule has 0 amide bonds. The van der Waals surface area contributed by atoms with Gasteiger partial charge >= 0.3 is 0 Å². The molecule has 108 valence electrons. The summed E-state index contributed by atoms with van der Waals surface area (Å²) in [5.41, 5.74) is 2.39. The van der Waals surface area contributed by atoms with Crippen LogP contribution in [-0.4, -0.2) is 25.5 Å². The predicted molar refractivity (Wildman–Crippen MR) is 78.7 cm³/mol. The third kappa shape index (κ3) is 2.40. The minimum atomic E-state index is -0.157. The number of rotatable bonds is 4. The Hall–Kier alpha value is -1.19. The van der Waals surface area contributed by atoms with Crippen LogP contribution in [0.15, 0.2) is 24.3 Å². The first-order valence-electron chi connectivity index (χ1n) is 7.68. The van der Waals surface area contributed by atoms with Crippen molar-refractivity contribution < 1.29 is 9.53 Å². The number of carbonyl (C=O) groups is 1. The number of fused-ring (bicyclic) bond motifs is 1. The monoisotopic (exact) mass is 273 g/mol. The van der Waals surface area contributed by atoms with E-state index in [0.29, 0.717) is 12.2 Å². The fourth-order valence-electron chi connectivity index (χ4n) is 3.51. The minimum absolute atomic E-state index is 0.0449. The number of ether oxygens (including phenoxy) is 1. The lowest BCUT2D eigenvalue weighted by Crippen LogP contribution is -2.34. The third-order valence-electron chi connectivity index (χ3n) is 4.98. The molecular formula is C17H23NO2. The molecule has 0 bridgehead atoms. The molecule has 2 aliphatic heterocycles. The third-order valence-corrected chi connectivity index (χ3v) is 4.98. The molecule has 1 aromatic carbocycles. The quantitative estimate of drug-likeness (QED) is 0.916. The predicted octanol–water partition coefficient (Wildman–Crippen LogP) is 2.65. The van der Waals surface area contributed by atoms with Crippen molar-refractivity contribution in [3.8, 4) is 0 Å². The molecule has 2 atom stereocenters. The van der Waals surface area contributed by atoms with Crippen molar-refractivity contribution in [2.45, 2.75) is 38.7 Å². The Labute approximate surface area is 120 Å². The zero-order valence-corrected chi connectivity index (χ0v) is 12.2. The first-order valence-corrected chi connectivity index (χ1v) is 7.68. The lowest BCUT2D eigenvalue weighted by Gasteiger charge is -2.30. The van der Waals surface area contributed by atoms with Crippen molar-refractivity contribution >= 4 is 5.78 Å². The van der Waals surface area contributed by atoms with Crippen LogP contribution in [0.1, 0.15) is 43.4 Å². The normalized spacial score (nSPS) is 29.1. The number of hydrogen-bond acceptors (Lipinski definition) is 3. The zero-order valence-electron chi connectivity index (χ0n) is 12.2. The number of nitrogens with one attached hydrogen (secondary N) is 1. The molecule has 1 fully saturated rings. The Balaban J connectivity index is 1.77. The second kappa shape index (κ2) is 5.66. The molecule has 0 aromatic heterocycles. The molecule has 1 N–H and O–H groups in total. The van der Waals surface area contributed by atoms with Gasteiger partial charge in [-0.05, 0) is 36.9 Å². The second-order valence-electron chi connectivity index (χ2n) is 6.00. The molecule has 2 heterocycles. The van der Waals surface area contributed by atoms with E-state index < -0.39 is 0 Å². The van der Waals surface area contributed by atoms with Gasteiger partial charge in [0, 0.05) is 18.4 Å². The molecule has 1 saturated heterocycles. The van der Waals surface area contributed by atoms with Crippen LogP contribution < -0.4 is 5.32 Å². The number of ketones is 1. The van der Waals surface area contributed by atoms with Crippen LogP contribution in [0.4, 0.5) is 0 Å². The molecule has 3 heteroatoms. The summed E-state index contributed by atoms with van der Waals surface area (Å²) in [6, 6.07) is 8.37. The lowest BCUT2D eigenvalue weighted by atomic mass is 9.77. The number of benzene rings is 1. The van der Waals surface area contributed by atoms with Crippen molar-refractivity contribution in [1.29, 1.82) is 0 Å². The molecule has 20 heavy (non-hydrogen) atoms. The highest BCUT2D eigenvalue weighted by atomic mass is 16.5. The summed E-state index contributed by atoms with van der Waals surface area (Å²) in [7, 11) is 0. The van der Waals surface area contributed by atoms with E-state index in [2.05, 4.69) is 30.4 Å². The van der Waals surface area contributed by atoms with Gasteiger partial charge in [-0.3, -0.25) is 4.79 Å². The van der Waals surface area contributed by atoms with Gasteiger partial charge in [0.25, 0.3) is 0 Å². The fraction of sp³-hybridized carbons (Fsp3) is 0.588. The molecule has 2 unspecified atom stereocenters. The van der Waals surface area contributed by atoms with E-state index in [4.69, 9.17) is 4.74 Å². The van der Waals surface area contributed by atoms with E-state index in [-0.39, 0.29) is 11.5 Å². The summed E-state index contributed by atoms with van der Waals surface area (Å²) in [4.78, 5) is 12.8. The Kier molecular flexibility index (Phi) is 3.90. The minimum Gasteiger partial charge on any atom is -0.373 e. The fourth-order valence-corrected chi connectivity index (χ4v) is 3.51. The highest BCUT2D eigenvalue weighted by Crippen LogP contribution is 2.37. The Morgan fingerprint density at radius 3 is 3.05 bits per heavy atom. The SMILES string of the molecule is CCC1(C(=O)CC2OCCc3ccccc32)CCNC1. The zero-order chi connectivity index (χ0) is 14.0. The maximum Gasteiger partial charge on any atom is 0.143 e. The largest absolute Gasteiger partial charge is 0.373 e. The van der Waals surface area contributed by atoms with E-state index in [1.165, 1.54) is 11.1 Å². The average Bonchev–Trinajstić information content (AvgIpc) is 2.98. The average molecular weight is 273 g/mol. The maximum absolute atomic E-state index is 12.8. The van der Waals surface area contributed by atoms with E-state index in [1.54, 1.807) is 0 Å². The van der Waals surface area contributed by atoms with Crippen LogP contribution in [0.25, 0.3) is 0 Å². The molecule has 0 spiro atoms. The topological polar surface area (TPSA) is 38.3 Å². The summed E-state index contributed by atoms with van der Waals surface area (Å²) >= 11 is 0. The smallest absolute Gasteiger partial charge is 0.143 e. The summed E-state index contributed by atoms with van der Waals surface area (Å²) in [6.45, 7) is 4.64. The number of carbonyl (C=O) groups excluding carboxylic acids is 1. The first-order chi connectivity index (χ1) is 9.75. The van der Waals surface area contributed by atoms with Crippen LogP contribution in [0.5, 0.6) is 0 Å². The summed E-state index contributed by atoms with van der Waals surface area (Å²) in [5.74, 6) is 0.367. The van der Waals surface area contributed by atoms with Crippen molar-refractivity contribution in [3.63, 3.8) is 0 Å². The van der Waals surface area contributed by atoms with E-state index in [9.17, 15) is 4.79 Å². The van der Waals surface area contributed by atoms with Crippen molar-refractivity contribution in [2.24, 2.45) is 5.41 Å². The standard InChI is InChI=1S/C17H23NO2/c1-2-17(8-9-18-12-17)16(19)11-15-14-6-4-3-5-13(14)7-10-20-15/h3-6,15,18H,2,7-12H2,1H3. The van der Waals surface area contributed by atoms with Gasteiger partial charge in [-0.1, -0.05) is 31.2 Å². The van der Waals surface area contributed by atoms with Crippen LogP contribution in [0.2, 0.25) is 0 Å². The van der Waals surface area contributed by atoms with E-state index >= 15 is 0 Å². The van der Waals surface area contributed by atoms with Gasteiger partial charge in [0.2, 0.25) is 0 Å². The molecule has 3 nitrogen and oxygen atoms in total. The van der Waals surface area contributed by atoms with Crippen molar-refractivity contribution in [3.05, 3.63) is 35.4 Å². The first kappa shape index (κ1) is 13.8. The van der Waals surface area contributed by atoms with Crippen LogP contribution >= 0.6 is 0 Å². The van der Waals surface area contributed by atoms with Crippen molar-refractivity contribution in [2.75, 3.05) is 19.7 Å². The molecule has 0 saturated carbocycles. The molecule has 2 aliphatic rings. The van der Waals surface area contributed by atoms with Crippen LogP contribution in [0, 0.1) is 5.41 Å². The highest BCUT2D eigenvalue weighted by Gasteiger charge is 2.40. The van der Waals surface area contributed by atoms with Crippen LogP contribution in [-0.2, 0) is 16.0 Å². The van der Waals surface area contributed by atoms with Crippen molar-refractivity contribution in [1.82, 2.24) is 5.32 Å². The lowest BCUT2D eigenvalue weighted by molar-refractivity contribution is -0.131. The van der Waals surface area contributed by atoms with Gasteiger partial charge < -0.3 is 10.1 Å². The summed E-state index contributed by atoms with van der Waals surface area (Å²) < 4.78 is 5.88. The van der Waals surface area contributed by atoms with Gasteiger partial charge in [0.15, 0.2) is 0 Å². The highest BCUT2D eigenvalue weighted by molar-refractivity contribution is 5.86. The van der Waals surface area contributed by atoms with Gasteiger partial charge in [-0.2, -0.15) is 0 Å². The Morgan fingerprint density at radius 2 is 2.30 bits per heavy atom. The Morgan fingerprint density at radius 1 is 1.45 bits per heavy atom.